The fourth-order valence-corrected chi connectivity index (χ4v) is 2.03. The summed E-state index contributed by atoms with van der Waals surface area (Å²) in [6.45, 7) is 6.88. The Morgan fingerprint density at radius 2 is 1.59 bits per heavy atom. The molecule has 2 aromatic rings. The Hall–Kier alpha value is -2.49. The van der Waals surface area contributed by atoms with Crippen LogP contribution >= 0.6 is 0 Å². The number of nitrogens with one attached hydrogen (secondary N) is 1. The summed E-state index contributed by atoms with van der Waals surface area (Å²) in [5, 5.41) is 2.87. The van der Waals surface area contributed by atoms with E-state index in [1.165, 1.54) is 0 Å². The summed E-state index contributed by atoms with van der Waals surface area (Å²) in [6.07, 6.45) is 0. The van der Waals surface area contributed by atoms with E-state index in [2.05, 4.69) is 5.32 Å². The Balaban J connectivity index is 2.18. The van der Waals surface area contributed by atoms with Crippen molar-refractivity contribution in [3.63, 3.8) is 0 Å². The van der Waals surface area contributed by atoms with Crippen LogP contribution in [-0.4, -0.2) is 19.1 Å². The normalized spacial score (nSPS) is 10.1. The van der Waals surface area contributed by atoms with Gasteiger partial charge in [0.2, 0.25) is 0 Å². The molecule has 1 amide bonds. The van der Waals surface area contributed by atoms with Crippen LogP contribution in [0.1, 0.15) is 29.8 Å². The number of rotatable bonds is 6. The zero-order chi connectivity index (χ0) is 15.9. The van der Waals surface area contributed by atoms with Crippen LogP contribution < -0.4 is 14.8 Å². The van der Waals surface area contributed by atoms with Crippen molar-refractivity contribution < 1.29 is 14.3 Å². The quantitative estimate of drug-likeness (QED) is 0.875. The van der Waals surface area contributed by atoms with Crippen molar-refractivity contribution in [1.82, 2.24) is 0 Å². The van der Waals surface area contributed by atoms with Gasteiger partial charge in [-0.05, 0) is 51.1 Å². The van der Waals surface area contributed by atoms with Crippen LogP contribution in [0.2, 0.25) is 0 Å². The van der Waals surface area contributed by atoms with Crippen molar-refractivity contribution in [3.8, 4) is 11.5 Å². The van der Waals surface area contributed by atoms with E-state index in [9.17, 15) is 4.79 Å². The van der Waals surface area contributed by atoms with E-state index in [-0.39, 0.29) is 5.91 Å². The molecule has 0 aliphatic rings. The fraction of sp³-hybridized carbons (Fsp3) is 0.278. The molecule has 0 radical (unpaired) electrons. The van der Waals surface area contributed by atoms with Crippen LogP contribution in [0, 0.1) is 6.92 Å². The lowest BCUT2D eigenvalue weighted by Crippen LogP contribution is -2.12. The third-order valence-corrected chi connectivity index (χ3v) is 3.12. The maximum absolute atomic E-state index is 12.3. The van der Waals surface area contributed by atoms with Gasteiger partial charge in [0.1, 0.15) is 0 Å². The minimum absolute atomic E-state index is 0.173. The van der Waals surface area contributed by atoms with Gasteiger partial charge < -0.3 is 14.8 Å². The molecule has 0 saturated heterocycles. The highest BCUT2D eigenvalue weighted by molar-refractivity contribution is 6.04. The lowest BCUT2D eigenvalue weighted by Gasteiger charge is -2.12. The van der Waals surface area contributed by atoms with E-state index in [4.69, 9.17) is 9.47 Å². The molecule has 2 rings (SSSR count). The fourth-order valence-electron chi connectivity index (χ4n) is 2.03. The van der Waals surface area contributed by atoms with E-state index in [1.54, 1.807) is 18.2 Å². The van der Waals surface area contributed by atoms with Gasteiger partial charge in [0.15, 0.2) is 11.5 Å². The summed E-state index contributed by atoms with van der Waals surface area (Å²) in [5.41, 5.74) is 2.45. The summed E-state index contributed by atoms with van der Waals surface area (Å²) < 4.78 is 11.0. The highest BCUT2D eigenvalue weighted by Crippen LogP contribution is 2.28. The lowest BCUT2D eigenvalue weighted by atomic mass is 10.1. The summed E-state index contributed by atoms with van der Waals surface area (Å²) >= 11 is 0. The molecule has 0 saturated carbocycles. The van der Waals surface area contributed by atoms with E-state index < -0.39 is 0 Å². The molecule has 0 aromatic heterocycles. The van der Waals surface area contributed by atoms with Gasteiger partial charge in [-0.3, -0.25) is 4.79 Å². The van der Waals surface area contributed by atoms with Gasteiger partial charge in [-0.1, -0.05) is 17.7 Å². The molecule has 0 aliphatic heterocycles. The molecule has 22 heavy (non-hydrogen) atoms. The lowest BCUT2D eigenvalue weighted by molar-refractivity contribution is 0.102. The van der Waals surface area contributed by atoms with Crippen molar-refractivity contribution in [2.75, 3.05) is 18.5 Å². The first-order valence-electron chi connectivity index (χ1n) is 7.41. The summed E-state index contributed by atoms with van der Waals surface area (Å²) in [4.78, 5) is 12.3. The number of anilines is 1. The molecule has 0 atom stereocenters. The highest BCUT2D eigenvalue weighted by Gasteiger charge is 2.11. The number of benzene rings is 2. The minimum Gasteiger partial charge on any atom is -0.490 e. The standard InChI is InChI=1S/C18H21NO3/c1-4-21-16-11-8-14(12-17(16)22-5-2)18(20)19-15-9-6-13(3)7-10-15/h6-12H,4-5H2,1-3H3,(H,19,20). The minimum atomic E-state index is -0.173. The van der Waals surface area contributed by atoms with Gasteiger partial charge in [-0.15, -0.1) is 0 Å². The topological polar surface area (TPSA) is 47.6 Å². The van der Waals surface area contributed by atoms with Crippen LogP contribution in [0.15, 0.2) is 42.5 Å². The average molecular weight is 299 g/mol. The second kappa shape index (κ2) is 7.50. The molecular formula is C18H21NO3. The number of hydrogen-bond acceptors (Lipinski definition) is 3. The van der Waals surface area contributed by atoms with Crippen LogP contribution in [0.4, 0.5) is 5.69 Å². The molecule has 0 heterocycles. The first kappa shape index (κ1) is 15.9. The summed E-state index contributed by atoms with van der Waals surface area (Å²) in [5.74, 6) is 1.06. The van der Waals surface area contributed by atoms with Crippen LogP contribution in [-0.2, 0) is 0 Å². The SMILES string of the molecule is CCOc1ccc(C(=O)Nc2ccc(C)cc2)cc1OCC. The van der Waals surface area contributed by atoms with Crippen molar-refractivity contribution >= 4 is 11.6 Å². The second-order valence-electron chi connectivity index (χ2n) is 4.85. The maximum Gasteiger partial charge on any atom is 0.255 e. The number of amides is 1. The predicted octanol–water partition coefficient (Wildman–Crippen LogP) is 4.04. The van der Waals surface area contributed by atoms with Gasteiger partial charge in [0.05, 0.1) is 13.2 Å². The molecule has 2 aromatic carbocycles. The van der Waals surface area contributed by atoms with Crippen molar-refractivity contribution in [2.45, 2.75) is 20.8 Å². The average Bonchev–Trinajstić information content (AvgIpc) is 2.51. The van der Waals surface area contributed by atoms with Crippen molar-refractivity contribution in [3.05, 3.63) is 53.6 Å². The zero-order valence-electron chi connectivity index (χ0n) is 13.2. The molecule has 0 unspecified atom stereocenters. The molecule has 4 heteroatoms. The zero-order valence-corrected chi connectivity index (χ0v) is 13.2. The molecule has 0 aliphatic carbocycles. The number of ether oxygens (including phenoxy) is 2. The Morgan fingerprint density at radius 3 is 2.23 bits per heavy atom. The number of carbonyl (C=O) groups excluding carboxylic acids is 1. The third kappa shape index (κ3) is 4.01. The molecule has 0 fully saturated rings. The highest BCUT2D eigenvalue weighted by atomic mass is 16.5. The number of hydrogen-bond donors (Lipinski definition) is 1. The van der Waals surface area contributed by atoms with Crippen molar-refractivity contribution in [1.29, 1.82) is 0 Å². The molecule has 0 bridgehead atoms. The second-order valence-corrected chi connectivity index (χ2v) is 4.85. The summed E-state index contributed by atoms with van der Waals surface area (Å²) in [7, 11) is 0. The van der Waals surface area contributed by atoms with Crippen molar-refractivity contribution in [2.24, 2.45) is 0 Å². The monoisotopic (exact) mass is 299 g/mol. The largest absolute Gasteiger partial charge is 0.490 e. The summed E-state index contributed by atoms with van der Waals surface area (Å²) in [6, 6.07) is 12.9. The maximum atomic E-state index is 12.3. The van der Waals surface area contributed by atoms with Gasteiger partial charge >= 0.3 is 0 Å². The van der Waals surface area contributed by atoms with Crippen LogP contribution in [0.25, 0.3) is 0 Å². The van der Waals surface area contributed by atoms with Gasteiger partial charge in [-0.2, -0.15) is 0 Å². The van der Waals surface area contributed by atoms with Gasteiger partial charge in [0.25, 0.3) is 5.91 Å². The Kier molecular flexibility index (Phi) is 5.42. The van der Waals surface area contributed by atoms with E-state index >= 15 is 0 Å². The van der Waals surface area contributed by atoms with Gasteiger partial charge in [0, 0.05) is 11.3 Å². The van der Waals surface area contributed by atoms with E-state index in [1.807, 2.05) is 45.0 Å². The van der Waals surface area contributed by atoms with E-state index in [0.29, 0.717) is 30.3 Å². The van der Waals surface area contributed by atoms with E-state index in [0.717, 1.165) is 11.3 Å². The smallest absolute Gasteiger partial charge is 0.255 e. The third-order valence-electron chi connectivity index (χ3n) is 3.12. The molecule has 1 N–H and O–H groups in total. The predicted molar refractivity (Wildman–Crippen MR) is 87.9 cm³/mol. The Bertz CT molecular complexity index is 635. The van der Waals surface area contributed by atoms with Crippen LogP contribution in [0.3, 0.4) is 0 Å². The molecular weight excluding hydrogens is 278 g/mol. The van der Waals surface area contributed by atoms with Crippen LogP contribution in [0.5, 0.6) is 11.5 Å². The number of aryl methyl sites for hydroxylation is 1. The Labute approximate surface area is 131 Å². The first-order chi connectivity index (χ1) is 10.6. The molecule has 116 valence electrons. The number of carbonyl (C=O) groups is 1. The Morgan fingerprint density at radius 1 is 0.955 bits per heavy atom. The molecule has 0 spiro atoms. The first-order valence-corrected chi connectivity index (χ1v) is 7.41. The molecule has 4 nitrogen and oxygen atoms in total. The van der Waals surface area contributed by atoms with Gasteiger partial charge in [-0.25, -0.2) is 0 Å².